The van der Waals surface area contributed by atoms with Crippen molar-refractivity contribution in [2.24, 2.45) is 0 Å². The van der Waals surface area contributed by atoms with Crippen molar-refractivity contribution in [3.05, 3.63) is 58.2 Å². The Balaban J connectivity index is 1.82. The van der Waals surface area contributed by atoms with Gasteiger partial charge in [-0.25, -0.2) is 4.98 Å². The molecule has 0 bridgehead atoms. The van der Waals surface area contributed by atoms with Gasteiger partial charge in [-0.3, -0.25) is 9.78 Å². The Bertz CT molecular complexity index is 903. The number of para-hydroxylation sites is 1. The number of carbonyl (C=O) groups is 1. The van der Waals surface area contributed by atoms with Crippen LogP contribution in [0.5, 0.6) is 0 Å². The fraction of sp³-hybridized carbons (Fsp3) is 0.235. The van der Waals surface area contributed by atoms with E-state index in [2.05, 4.69) is 9.97 Å². The van der Waals surface area contributed by atoms with Gasteiger partial charge in [-0.1, -0.05) is 24.3 Å². The van der Waals surface area contributed by atoms with Crippen molar-refractivity contribution in [2.75, 3.05) is 0 Å². The van der Waals surface area contributed by atoms with Crippen LogP contribution in [0, 0.1) is 6.92 Å². The molecule has 3 rings (SSSR count). The number of pyridine rings is 1. The zero-order valence-electron chi connectivity index (χ0n) is 13.1. The van der Waals surface area contributed by atoms with Crippen molar-refractivity contribution in [3.63, 3.8) is 0 Å². The second kappa shape index (κ2) is 6.79. The number of carbonyl (C=O) groups excluding carboxylic acids is 1. The molecule has 0 unspecified atom stereocenters. The zero-order valence-corrected chi connectivity index (χ0v) is 13.9. The Kier molecular flexibility index (Phi) is 4.71. The fourth-order valence-corrected chi connectivity index (χ4v) is 3.23. The first-order valence-corrected chi connectivity index (χ1v) is 8.23. The lowest BCUT2D eigenvalue weighted by atomic mass is 10.1. The first-order chi connectivity index (χ1) is 11.8. The lowest BCUT2D eigenvalue weighted by Crippen LogP contribution is -2.27. The summed E-state index contributed by atoms with van der Waals surface area (Å²) < 4.78 is 44.5. The van der Waals surface area contributed by atoms with Crippen LogP contribution in [0.3, 0.4) is 0 Å². The average Bonchev–Trinajstić information content (AvgIpc) is 2.98. The molecular formula is C17H13F3N2O2S. The second-order valence-electron chi connectivity index (χ2n) is 5.41. The number of aromatic nitrogens is 2. The summed E-state index contributed by atoms with van der Waals surface area (Å²) in [6.45, 7) is 1.58. The standard InChI is InChI=1S/C17H13F3N2O2S/c1-10-9-25-16(22-10)15(17(18,19)20)24-13(23)8-12-5-2-4-11-6-3-7-21-14(11)12/h2-7,9,15H,8H2,1H3/t15-/m0/s1. The molecule has 0 fully saturated rings. The van der Waals surface area contributed by atoms with E-state index in [0.29, 0.717) is 16.8 Å². The second-order valence-corrected chi connectivity index (χ2v) is 6.30. The summed E-state index contributed by atoms with van der Waals surface area (Å²) in [5.41, 5.74) is 1.53. The van der Waals surface area contributed by atoms with E-state index in [-0.39, 0.29) is 11.4 Å². The maximum absolute atomic E-state index is 13.2. The average molecular weight is 366 g/mol. The highest BCUT2D eigenvalue weighted by Crippen LogP contribution is 2.37. The molecule has 0 radical (unpaired) electrons. The molecule has 0 aliphatic carbocycles. The minimum absolute atomic E-state index is 0.283. The number of hydrogen-bond acceptors (Lipinski definition) is 5. The van der Waals surface area contributed by atoms with Gasteiger partial charge in [0.25, 0.3) is 0 Å². The van der Waals surface area contributed by atoms with Gasteiger partial charge in [0.1, 0.15) is 5.01 Å². The molecule has 4 nitrogen and oxygen atoms in total. The van der Waals surface area contributed by atoms with Crippen LogP contribution < -0.4 is 0 Å². The van der Waals surface area contributed by atoms with Crippen molar-refractivity contribution in [1.29, 1.82) is 0 Å². The van der Waals surface area contributed by atoms with E-state index < -0.39 is 18.2 Å². The van der Waals surface area contributed by atoms with Crippen LogP contribution in [-0.4, -0.2) is 22.1 Å². The summed E-state index contributed by atoms with van der Waals surface area (Å²) in [6.07, 6.45) is -5.82. The SMILES string of the molecule is Cc1csc([C@H](OC(=O)Cc2cccc3cccnc23)C(F)(F)F)n1. The molecule has 1 atom stereocenters. The number of benzene rings is 1. The lowest BCUT2D eigenvalue weighted by Gasteiger charge is -2.18. The number of rotatable bonds is 4. The number of ether oxygens (including phenoxy) is 1. The van der Waals surface area contributed by atoms with Gasteiger partial charge < -0.3 is 4.74 Å². The van der Waals surface area contributed by atoms with E-state index in [4.69, 9.17) is 4.74 Å². The highest BCUT2D eigenvalue weighted by molar-refractivity contribution is 7.09. The third-order valence-electron chi connectivity index (χ3n) is 3.46. The summed E-state index contributed by atoms with van der Waals surface area (Å²) in [6, 6.07) is 8.74. The van der Waals surface area contributed by atoms with Crippen LogP contribution in [0.1, 0.15) is 22.4 Å². The van der Waals surface area contributed by atoms with Crippen LogP contribution in [-0.2, 0) is 16.0 Å². The summed E-state index contributed by atoms with van der Waals surface area (Å²) in [7, 11) is 0. The lowest BCUT2D eigenvalue weighted by molar-refractivity contribution is -0.223. The largest absolute Gasteiger partial charge is 0.445 e. The van der Waals surface area contributed by atoms with E-state index in [1.54, 1.807) is 31.3 Å². The molecular weight excluding hydrogens is 353 g/mol. The molecule has 2 aromatic heterocycles. The topological polar surface area (TPSA) is 52.1 Å². The normalized spacial score (nSPS) is 13.0. The maximum Gasteiger partial charge on any atom is 0.432 e. The predicted molar refractivity (Wildman–Crippen MR) is 87.2 cm³/mol. The van der Waals surface area contributed by atoms with E-state index in [0.717, 1.165) is 16.7 Å². The third kappa shape index (κ3) is 3.96. The smallest absolute Gasteiger partial charge is 0.432 e. The zero-order chi connectivity index (χ0) is 18.0. The summed E-state index contributed by atoms with van der Waals surface area (Å²) in [5.74, 6) is -0.978. The van der Waals surface area contributed by atoms with Crippen molar-refractivity contribution in [2.45, 2.75) is 25.6 Å². The molecule has 3 aromatic rings. The van der Waals surface area contributed by atoms with Crippen molar-refractivity contribution in [3.8, 4) is 0 Å². The molecule has 0 N–H and O–H groups in total. The minimum Gasteiger partial charge on any atom is -0.445 e. The number of fused-ring (bicyclic) bond motifs is 1. The number of nitrogens with zero attached hydrogens (tertiary/aromatic N) is 2. The van der Waals surface area contributed by atoms with Gasteiger partial charge in [0.05, 0.1) is 11.9 Å². The van der Waals surface area contributed by atoms with Gasteiger partial charge in [-0.05, 0) is 18.6 Å². The van der Waals surface area contributed by atoms with Crippen LogP contribution in [0.4, 0.5) is 13.2 Å². The van der Waals surface area contributed by atoms with Gasteiger partial charge in [-0.15, -0.1) is 11.3 Å². The molecule has 1 aromatic carbocycles. The van der Waals surface area contributed by atoms with E-state index in [9.17, 15) is 18.0 Å². The minimum atomic E-state index is -4.73. The number of alkyl halides is 3. The van der Waals surface area contributed by atoms with E-state index in [1.165, 1.54) is 5.38 Å². The predicted octanol–water partition coefficient (Wildman–Crippen LogP) is 4.39. The number of hydrogen-bond donors (Lipinski definition) is 0. The Labute approximate surface area is 145 Å². The molecule has 0 spiro atoms. The highest BCUT2D eigenvalue weighted by atomic mass is 32.1. The Hall–Kier alpha value is -2.48. The first kappa shape index (κ1) is 17.3. The molecule has 0 aliphatic heterocycles. The molecule has 25 heavy (non-hydrogen) atoms. The van der Waals surface area contributed by atoms with E-state index >= 15 is 0 Å². The Morgan fingerprint density at radius 3 is 2.72 bits per heavy atom. The Morgan fingerprint density at radius 1 is 1.28 bits per heavy atom. The van der Waals surface area contributed by atoms with Crippen molar-refractivity contribution < 1.29 is 22.7 Å². The van der Waals surface area contributed by atoms with Gasteiger partial charge in [0.2, 0.25) is 6.10 Å². The molecule has 0 aliphatic rings. The first-order valence-electron chi connectivity index (χ1n) is 7.35. The Morgan fingerprint density at radius 2 is 2.04 bits per heavy atom. The summed E-state index contributed by atoms with van der Waals surface area (Å²) >= 11 is 0.815. The number of thiazole rings is 1. The van der Waals surface area contributed by atoms with Gasteiger partial charge in [0, 0.05) is 22.7 Å². The summed E-state index contributed by atoms with van der Waals surface area (Å²) in [5, 5.41) is 2.00. The molecule has 0 saturated heterocycles. The molecule has 130 valence electrons. The molecule has 0 saturated carbocycles. The van der Waals surface area contributed by atoms with Gasteiger partial charge in [0.15, 0.2) is 0 Å². The monoisotopic (exact) mass is 366 g/mol. The highest BCUT2D eigenvalue weighted by Gasteiger charge is 2.46. The quantitative estimate of drug-likeness (QED) is 0.643. The number of halogens is 3. The maximum atomic E-state index is 13.2. The van der Waals surface area contributed by atoms with Crippen LogP contribution in [0.15, 0.2) is 41.9 Å². The molecule has 8 heteroatoms. The number of aryl methyl sites for hydroxylation is 1. The summed E-state index contributed by atoms with van der Waals surface area (Å²) in [4.78, 5) is 20.1. The molecule has 2 heterocycles. The van der Waals surface area contributed by atoms with E-state index in [1.807, 2.05) is 12.1 Å². The van der Waals surface area contributed by atoms with Crippen molar-refractivity contribution in [1.82, 2.24) is 9.97 Å². The van der Waals surface area contributed by atoms with Gasteiger partial charge in [-0.2, -0.15) is 13.2 Å². The number of esters is 1. The van der Waals surface area contributed by atoms with Crippen LogP contribution in [0.2, 0.25) is 0 Å². The van der Waals surface area contributed by atoms with Crippen LogP contribution in [0.25, 0.3) is 10.9 Å². The fourth-order valence-electron chi connectivity index (χ4n) is 2.39. The molecule has 0 amide bonds. The van der Waals surface area contributed by atoms with Crippen LogP contribution >= 0.6 is 11.3 Å². The van der Waals surface area contributed by atoms with Gasteiger partial charge >= 0.3 is 12.1 Å². The van der Waals surface area contributed by atoms with Crippen molar-refractivity contribution >= 4 is 28.2 Å². The third-order valence-corrected chi connectivity index (χ3v) is 4.46.